The molecule has 1 aromatic heterocycles. The lowest BCUT2D eigenvalue weighted by molar-refractivity contribution is -0.105. The predicted octanol–water partition coefficient (Wildman–Crippen LogP) is 4.15. The molecule has 2 fully saturated rings. The van der Waals surface area contributed by atoms with Crippen LogP contribution in [0, 0.1) is 12.3 Å². The Labute approximate surface area is 216 Å². The van der Waals surface area contributed by atoms with Crippen molar-refractivity contribution in [2.45, 2.75) is 26.3 Å². The van der Waals surface area contributed by atoms with E-state index in [9.17, 15) is 4.79 Å². The smallest absolute Gasteiger partial charge is 0.288 e. The number of carbonyl (C=O) groups excluding carboxylic acids is 1. The standard InChI is InChI=1S/C30H31N5O2/c1-21-32-29(28(31)36)33-35(21)27-12-6-23(7-13-27)16-22-2-8-25(9-3-22)26-10-4-24(5-11-26)17-34-15-14-30(18-34)19-37-20-30/h2-13H,14-20H2,1H3,(H2,31,36). The fourth-order valence-electron chi connectivity index (χ4n) is 5.39. The molecule has 0 atom stereocenters. The van der Waals surface area contributed by atoms with Gasteiger partial charge < -0.3 is 10.5 Å². The summed E-state index contributed by atoms with van der Waals surface area (Å²) in [6, 6.07) is 25.9. The number of rotatable bonds is 7. The van der Waals surface area contributed by atoms with Crippen LogP contribution < -0.4 is 5.73 Å². The number of ether oxygens (including phenoxy) is 1. The Morgan fingerprint density at radius 2 is 1.51 bits per heavy atom. The van der Waals surface area contributed by atoms with Gasteiger partial charge in [0.25, 0.3) is 5.91 Å². The largest absolute Gasteiger partial charge is 0.380 e. The monoisotopic (exact) mass is 493 g/mol. The molecule has 2 aliphatic heterocycles. The summed E-state index contributed by atoms with van der Waals surface area (Å²) in [4.78, 5) is 18.0. The van der Waals surface area contributed by atoms with Gasteiger partial charge in [0.2, 0.25) is 5.82 Å². The van der Waals surface area contributed by atoms with Crippen molar-refractivity contribution in [3.05, 3.63) is 101 Å². The molecule has 7 nitrogen and oxygen atoms in total. The molecule has 4 aromatic rings. The number of primary amides is 1. The number of hydrogen-bond donors (Lipinski definition) is 1. The quantitative estimate of drug-likeness (QED) is 0.418. The van der Waals surface area contributed by atoms with Gasteiger partial charge in [-0.15, -0.1) is 5.10 Å². The minimum absolute atomic E-state index is 0.0281. The lowest BCUT2D eigenvalue weighted by Crippen LogP contribution is -2.44. The molecule has 2 N–H and O–H groups in total. The zero-order valence-corrected chi connectivity index (χ0v) is 21.1. The fourth-order valence-corrected chi connectivity index (χ4v) is 5.39. The van der Waals surface area contributed by atoms with Crippen molar-refractivity contribution in [2.24, 2.45) is 11.1 Å². The molecule has 1 spiro atoms. The molecule has 2 aliphatic rings. The summed E-state index contributed by atoms with van der Waals surface area (Å²) >= 11 is 0. The highest BCUT2D eigenvalue weighted by Crippen LogP contribution is 2.38. The summed E-state index contributed by atoms with van der Waals surface area (Å²) in [5.41, 5.74) is 12.9. The van der Waals surface area contributed by atoms with Gasteiger partial charge in [0.15, 0.2) is 0 Å². The van der Waals surface area contributed by atoms with Crippen LogP contribution >= 0.6 is 0 Å². The van der Waals surface area contributed by atoms with Gasteiger partial charge in [-0.05, 0) is 66.3 Å². The zero-order chi connectivity index (χ0) is 25.4. The van der Waals surface area contributed by atoms with E-state index < -0.39 is 5.91 Å². The second-order valence-corrected chi connectivity index (χ2v) is 10.4. The van der Waals surface area contributed by atoms with E-state index in [0.29, 0.717) is 11.2 Å². The number of nitrogens with zero attached hydrogens (tertiary/aromatic N) is 4. The van der Waals surface area contributed by atoms with Crippen molar-refractivity contribution < 1.29 is 9.53 Å². The topological polar surface area (TPSA) is 86.3 Å². The molecule has 1 amide bonds. The molecule has 0 radical (unpaired) electrons. The van der Waals surface area contributed by atoms with E-state index in [0.717, 1.165) is 38.4 Å². The van der Waals surface area contributed by atoms with Gasteiger partial charge in [0.05, 0.1) is 18.9 Å². The highest BCUT2D eigenvalue weighted by Gasteiger charge is 2.44. The van der Waals surface area contributed by atoms with E-state index in [1.807, 2.05) is 12.1 Å². The van der Waals surface area contributed by atoms with Crippen molar-refractivity contribution >= 4 is 5.91 Å². The minimum atomic E-state index is -0.627. The molecule has 3 aromatic carbocycles. The average Bonchev–Trinajstić information content (AvgIpc) is 3.50. The van der Waals surface area contributed by atoms with E-state index in [1.165, 1.54) is 40.8 Å². The zero-order valence-electron chi connectivity index (χ0n) is 21.1. The van der Waals surface area contributed by atoms with Crippen molar-refractivity contribution in [2.75, 3.05) is 26.3 Å². The first-order chi connectivity index (χ1) is 18.0. The van der Waals surface area contributed by atoms with Crippen LogP contribution in [-0.2, 0) is 17.7 Å². The Bertz CT molecular complexity index is 1400. The summed E-state index contributed by atoms with van der Waals surface area (Å²) in [7, 11) is 0. The summed E-state index contributed by atoms with van der Waals surface area (Å²) in [5, 5.41) is 4.20. The van der Waals surface area contributed by atoms with Gasteiger partial charge >= 0.3 is 0 Å². The predicted molar refractivity (Wildman–Crippen MR) is 142 cm³/mol. The summed E-state index contributed by atoms with van der Waals surface area (Å²) in [6.45, 7) is 7.02. The minimum Gasteiger partial charge on any atom is -0.380 e. The second kappa shape index (κ2) is 9.57. The Kier molecular flexibility index (Phi) is 6.10. The van der Waals surface area contributed by atoms with Gasteiger partial charge in [0.1, 0.15) is 5.82 Å². The summed E-state index contributed by atoms with van der Waals surface area (Å²) < 4.78 is 7.09. The van der Waals surface area contributed by atoms with Crippen molar-refractivity contribution in [3.63, 3.8) is 0 Å². The number of amides is 1. The molecule has 6 rings (SSSR count). The number of carbonyl (C=O) groups is 1. The first-order valence-electron chi connectivity index (χ1n) is 12.8. The number of nitrogens with two attached hydrogens (primary N) is 1. The maximum atomic E-state index is 11.4. The highest BCUT2D eigenvalue weighted by atomic mass is 16.5. The van der Waals surface area contributed by atoms with Gasteiger partial charge in [0, 0.05) is 18.5 Å². The number of benzene rings is 3. The molecular weight excluding hydrogens is 462 g/mol. The molecular formula is C30H31N5O2. The van der Waals surface area contributed by atoms with Crippen LogP contribution in [0.1, 0.15) is 39.6 Å². The molecule has 0 saturated carbocycles. The van der Waals surface area contributed by atoms with Crippen LogP contribution in [0.3, 0.4) is 0 Å². The normalized spacial score (nSPS) is 16.7. The third-order valence-electron chi connectivity index (χ3n) is 7.56. The van der Waals surface area contributed by atoms with Gasteiger partial charge in [-0.3, -0.25) is 9.69 Å². The Morgan fingerprint density at radius 1 is 0.919 bits per heavy atom. The van der Waals surface area contributed by atoms with E-state index in [4.69, 9.17) is 10.5 Å². The van der Waals surface area contributed by atoms with Crippen LogP contribution in [0.15, 0.2) is 72.8 Å². The third kappa shape index (κ3) is 4.92. The first-order valence-corrected chi connectivity index (χ1v) is 12.8. The third-order valence-corrected chi connectivity index (χ3v) is 7.56. The number of aromatic nitrogens is 3. The average molecular weight is 494 g/mol. The summed E-state index contributed by atoms with van der Waals surface area (Å²) in [6.07, 6.45) is 2.10. The molecule has 2 saturated heterocycles. The number of aryl methyl sites for hydroxylation is 1. The van der Waals surface area contributed by atoms with Crippen LogP contribution in [0.25, 0.3) is 16.8 Å². The van der Waals surface area contributed by atoms with Gasteiger partial charge in [-0.25, -0.2) is 9.67 Å². The lowest BCUT2D eigenvalue weighted by atomic mass is 9.85. The van der Waals surface area contributed by atoms with E-state index in [-0.39, 0.29) is 5.82 Å². The fraction of sp³-hybridized carbons (Fsp3) is 0.300. The van der Waals surface area contributed by atoms with Crippen LogP contribution in [0.5, 0.6) is 0 Å². The highest BCUT2D eigenvalue weighted by molar-refractivity contribution is 5.88. The summed E-state index contributed by atoms with van der Waals surface area (Å²) in [5.74, 6) is 0.0243. The molecule has 0 aliphatic carbocycles. The second-order valence-electron chi connectivity index (χ2n) is 10.4. The maximum Gasteiger partial charge on any atom is 0.288 e. The van der Waals surface area contributed by atoms with Crippen molar-refractivity contribution in [3.8, 4) is 16.8 Å². The molecule has 0 unspecified atom stereocenters. The molecule has 37 heavy (non-hydrogen) atoms. The van der Waals surface area contributed by atoms with Gasteiger partial charge in [-0.2, -0.15) is 0 Å². The number of likely N-dealkylation sites (tertiary alicyclic amines) is 1. The van der Waals surface area contributed by atoms with E-state index >= 15 is 0 Å². The number of hydrogen-bond acceptors (Lipinski definition) is 5. The lowest BCUT2D eigenvalue weighted by Gasteiger charge is -2.37. The molecule has 3 heterocycles. The first kappa shape index (κ1) is 23.6. The molecule has 188 valence electrons. The van der Waals surface area contributed by atoms with Gasteiger partial charge in [-0.1, -0.05) is 60.7 Å². The Balaban J connectivity index is 1.07. The Hall–Kier alpha value is -3.81. The van der Waals surface area contributed by atoms with Crippen LogP contribution in [0.2, 0.25) is 0 Å². The van der Waals surface area contributed by atoms with Crippen LogP contribution in [-0.4, -0.2) is 51.9 Å². The Morgan fingerprint density at radius 3 is 2.03 bits per heavy atom. The van der Waals surface area contributed by atoms with Crippen molar-refractivity contribution in [1.29, 1.82) is 0 Å². The van der Waals surface area contributed by atoms with Crippen LogP contribution in [0.4, 0.5) is 0 Å². The SMILES string of the molecule is Cc1nc(C(N)=O)nn1-c1ccc(Cc2ccc(-c3ccc(CN4CCC5(COC5)C4)cc3)cc2)cc1. The van der Waals surface area contributed by atoms with E-state index in [1.54, 1.807) is 11.6 Å². The molecule has 7 heteroatoms. The van der Waals surface area contributed by atoms with Crippen molar-refractivity contribution in [1.82, 2.24) is 19.7 Å². The molecule has 0 bridgehead atoms. The maximum absolute atomic E-state index is 11.4. The van der Waals surface area contributed by atoms with E-state index in [2.05, 4.69) is 75.6 Å².